The van der Waals surface area contributed by atoms with Crippen molar-refractivity contribution in [1.29, 1.82) is 0 Å². The van der Waals surface area contributed by atoms with E-state index in [1.165, 1.54) is 18.4 Å². The SMILES string of the molecule is CC(C)CC[C@H](c1ccnc(Br)c1)N1CCNCC1.Cl.Cl. The Morgan fingerprint density at radius 1 is 1.24 bits per heavy atom. The van der Waals surface area contributed by atoms with Gasteiger partial charge in [-0.05, 0) is 52.4 Å². The predicted octanol–water partition coefficient (Wildman–Crippen LogP) is 4.07. The molecule has 21 heavy (non-hydrogen) atoms. The summed E-state index contributed by atoms with van der Waals surface area (Å²) in [5, 5.41) is 3.43. The van der Waals surface area contributed by atoms with E-state index in [0.717, 1.165) is 36.7 Å². The summed E-state index contributed by atoms with van der Waals surface area (Å²) >= 11 is 3.49. The third-order valence-electron chi connectivity index (χ3n) is 3.75. The lowest BCUT2D eigenvalue weighted by molar-refractivity contribution is 0.159. The maximum absolute atomic E-state index is 4.25. The molecule has 1 fully saturated rings. The monoisotopic (exact) mass is 397 g/mol. The molecular formula is C15H26BrCl2N3. The van der Waals surface area contributed by atoms with Crippen molar-refractivity contribution in [2.45, 2.75) is 32.7 Å². The van der Waals surface area contributed by atoms with E-state index in [0.29, 0.717) is 6.04 Å². The highest BCUT2D eigenvalue weighted by Crippen LogP contribution is 2.28. The van der Waals surface area contributed by atoms with Gasteiger partial charge in [-0.2, -0.15) is 0 Å². The van der Waals surface area contributed by atoms with E-state index >= 15 is 0 Å². The molecule has 2 heterocycles. The average molecular weight is 399 g/mol. The Hall–Kier alpha value is 0.130. The van der Waals surface area contributed by atoms with E-state index in [9.17, 15) is 0 Å². The van der Waals surface area contributed by atoms with Crippen LogP contribution in [0, 0.1) is 5.92 Å². The van der Waals surface area contributed by atoms with Gasteiger partial charge in [0, 0.05) is 38.4 Å². The van der Waals surface area contributed by atoms with Crippen molar-refractivity contribution >= 4 is 40.7 Å². The molecule has 6 heteroatoms. The van der Waals surface area contributed by atoms with Gasteiger partial charge in [-0.1, -0.05) is 13.8 Å². The molecular weight excluding hydrogens is 373 g/mol. The highest BCUT2D eigenvalue weighted by molar-refractivity contribution is 9.10. The Bertz CT molecular complexity index is 398. The van der Waals surface area contributed by atoms with Crippen molar-refractivity contribution in [3.8, 4) is 0 Å². The highest BCUT2D eigenvalue weighted by Gasteiger charge is 2.22. The maximum atomic E-state index is 4.25. The summed E-state index contributed by atoms with van der Waals surface area (Å²) in [6, 6.07) is 4.87. The van der Waals surface area contributed by atoms with Crippen LogP contribution in [0.1, 0.15) is 38.3 Å². The number of piperazine rings is 1. The molecule has 1 saturated heterocycles. The summed E-state index contributed by atoms with van der Waals surface area (Å²) in [5.74, 6) is 0.760. The number of aromatic nitrogens is 1. The van der Waals surface area contributed by atoms with Crippen molar-refractivity contribution in [3.05, 3.63) is 28.5 Å². The fraction of sp³-hybridized carbons (Fsp3) is 0.667. The summed E-state index contributed by atoms with van der Waals surface area (Å²) in [5.41, 5.74) is 1.39. The van der Waals surface area contributed by atoms with E-state index < -0.39 is 0 Å². The third kappa shape index (κ3) is 6.83. The van der Waals surface area contributed by atoms with E-state index in [1.807, 2.05) is 6.20 Å². The van der Waals surface area contributed by atoms with E-state index in [-0.39, 0.29) is 24.8 Å². The molecule has 1 aliphatic heterocycles. The smallest absolute Gasteiger partial charge is 0.106 e. The van der Waals surface area contributed by atoms with Crippen LogP contribution in [0.5, 0.6) is 0 Å². The number of pyridine rings is 1. The molecule has 0 unspecified atom stereocenters. The van der Waals surface area contributed by atoms with Crippen molar-refractivity contribution < 1.29 is 0 Å². The molecule has 0 aromatic carbocycles. The summed E-state index contributed by atoms with van der Waals surface area (Å²) in [6.45, 7) is 9.09. The van der Waals surface area contributed by atoms with Crippen LogP contribution in [0.15, 0.2) is 22.9 Å². The molecule has 0 amide bonds. The first-order chi connectivity index (χ1) is 9.16. The summed E-state index contributed by atoms with van der Waals surface area (Å²) in [7, 11) is 0. The van der Waals surface area contributed by atoms with E-state index in [2.05, 4.69) is 57.1 Å². The molecule has 122 valence electrons. The van der Waals surface area contributed by atoms with Gasteiger partial charge < -0.3 is 5.32 Å². The second-order valence-corrected chi connectivity index (χ2v) is 6.50. The Morgan fingerprint density at radius 3 is 2.48 bits per heavy atom. The lowest BCUT2D eigenvalue weighted by Gasteiger charge is -2.35. The topological polar surface area (TPSA) is 28.2 Å². The number of rotatable bonds is 5. The zero-order valence-corrected chi connectivity index (χ0v) is 15.9. The fourth-order valence-electron chi connectivity index (χ4n) is 2.67. The number of halogens is 3. The lowest BCUT2D eigenvalue weighted by Crippen LogP contribution is -2.45. The largest absolute Gasteiger partial charge is 0.314 e. The number of nitrogens with zero attached hydrogens (tertiary/aromatic N) is 2. The number of hydrogen-bond donors (Lipinski definition) is 1. The van der Waals surface area contributed by atoms with Gasteiger partial charge in [-0.15, -0.1) is 24.8 Å². The molecule has 3 nitrogen and oxygen atoms in total. The Labute approximate surface area is 149 Å². The molecule has 0 saturated carbocycles. The molecule has 0 radical (unpaired) electrons. The van der Waals surface area contributed by atoms with Gasteiger partial charge in [0.05, 0.1) is 0 Å². The van der Waals surface area contributed by atoms with Crippen molar-refractivity contribution in [2.75, 3.05) is 26.2 Å². The van der Waals surface area contributed by atoms with Crippen LogP contribution in [0.3, 0.4) is 0 Å². The van der Waals surface area contributed by atoms with Crippen LogP contribution in [0.25, 0.3) is 0 Å². The Morgan fingerprint density at radius 2 is 1.90 bits per heavy atom. The Balaban J connectivity index is 0.00000200. The van der Waals surface area contributed by atoms with Crippen molar-refractivity contribution in [2.24, 2.45) is 5.92 Å². The minimum Gasteiger partial charge on any atom is -0.314 e. The molecule has 0 aliphatic carbocycles. The van der Waals surface area contributed by atoms with E-state index in [4.69, 9.17) is 0 Å². The Kier molecular flexibility index (Phi) is 10.9. The second-order valence-electron chi connectivity index (χ2n) is 5.68. The molecule has 1 N–H and O–H groups in total. The molecule has 0 spiro atoms. The molecule has 1 aromatic rings. The van der Waals surface area contributed by atoms with Gasteiger partial charge in [0.1, 0.15) is 4.60 Å². The first-order valence-electron chi connectivity index (χ1n) is 7.23. The van der Waals surface area contributed by atoms with Crippen LogP contribution in [0.4, 0.5) is 0 Å². The third-order valence-corrected chi connectivity index (χ3v) is 4.18. The quantitative estimate of drug-likeness (QED) is 0.757. The van der Waals surface area contributed by atoms with Crippen LogP contribution < -0.4 is 5.32 Å². The van der Waals surface area contributed by atoms with Gasteiger partial charge in [-0.25, -0.2) is 4.98 Å². The average Bonchev–Trinajstić information content (AvgIpc) is 2.40. The fourth-order valence-corrected chi connectivity index (χ4v) is 3.05. The van der Waals surface area contributed by atoms with Gasteiger partial charge in [0.15, 0.2) is 0 Å². The second kappa shape index (κ2) is 10.8. The van der Waals surface area contributed by atoms with Crippen molar-refractivity contribution in [3.63, 3.8) is 0 Å². The molecule has 1 aromatic heterocycles. The van der Waals surface area contributed by atoms with Crippen LogP contribution in [0.2, 0.25) is 0 Å². The standard InChI is InChI=1S/C15H24BrN3.2ClH/c1-12(2)3-4-14(19-9-7-17-8-10-19)13-5-6-18-15(16)11-13;;/h5-6,11-12,14,17H,3-4,7-10H2,1-2H3;2*1H/t14-;;/m1../s1. The van der Waals surface area contributed by atoms with Gasteiger partial charge in [-0.3, -0.25) is 4.90 Å². The maximum Gasteiger partial charge on any atom is 0.106 e. The zero-order chi connectivity index (χ0) is 13.7. The zero-order valence-electron chi connectivity index (χ0n) is 12.7. The molecule has 2 rings (SSSR count). The first-order valence-corrected chi connectivity index (χ1v) is 8.02. The van der Waals surface area contributed by atoms with E-state index in [1.54, 1.807) is 0 Å². The molecule has 0 bridgehead atoms. The summed E-state index contributed by atoms with van der Waals surface area (Å²) in [6.07, 6.45) is 4.41. The minimum absolute atomic E-state index is 0. The van der Waals surface area contributed by atoms with Crippen LogP contribution in [-0.2, 0) is 0 Å². The van der Waals surface area contributed by atoms with Crippen LogP contribution >= 0.6 is 40.7 Å². The van der Waals surface area contributed by atoms with Crippen LogP contribution in [-0.4, -0.2) is 36.1 Å². The molecule has 1 aliphatic rings. The highest BCUT2D eigenvalue weighted by atomic mass is 79.9. The number of hydrogen-bond acceptors (Lipinski definition) is 3. The minimum atomic E-state index is 0. The van der Waals surface area contributed by atoms with Gasteiger partial charge in [0.25, 0.3) is 0 Å². The van der Waals surface area contributed by atoms with Crippen molar-refractivity contribution in [1.82, 2.24) is 15.2 Å². The summed E-state index contributed by atoms with van der Waals surface area (Å²) < 4.78 is 0.940. The molecule has 1 atom stereocenters. The predicted molar refractivity (Wildman–Crippen MR) is 97.7 cm³/mol. The summed E-state index contributed by atoms with van der Waals surface area (Å²) in [4.78, 5) is 6.86. The first kappa shape index (κ1) is 21.1. The van der Waals surface area contributed by atoms with Gasteiger partial charge in [0.2, 0.25) is 0 Å². The normalized spacial score (nSPS) is 17.0. The van der Waals surface area contributed by atoms with Gasteiger partial charge >= 0.3 is 0 Å². The lowest BCUT2D eigenvalue weighted by atomic mass is 9.96. The number of nitrogens with one attached hydrogen (secondary N) is 1.